The quantitative estimate of drug-likeness (QED) is 0.562. The van der Waals surface area contributed by atoms with Crippen molar-refractivity contribution in [2.45, 2.75) is 0 Å². The predicted octanol–water partition coefficient (Wildman–Crippen LogP) is -0.543. The Balaban J connectivity index is 2.19. The van der Waals surface area contributed by atoms with Gasteiger partial charge in [-0.25, -0.2) is 0 Å². The van der Waals surface area contributed by atoms with Crippen LogP contribution in [0, 0.1) is 0 Å². The third kappa shape index (κ3) is 4.66. The van der Waals surface area contributed by atoms with Crippen LogP contribution in [0.5, 0.6) is 0 Å². The Morgan fingerprint density at radius 1 is 1.80 bits per heavy atom. The van der Waals surface area contributed by atoms with Gasteiger partial charge in [0.25, 0.3) is 0 Å². The Kier molecular flexibility index (Phi) is 5.28. The SMILES string of the molecule is OCC[O][Ag]. The summed E-state index contributed by atoms with van der Waals surface area (Å²) < 4.78 is 4.25. The summed E-state index contributed by atoms with van der Waals surface area (Å²) >= 11 is 2.66. The summed E-state index contributed by atoms with van der Waals surface area (Å²) in [5.74, 6) is 0. The van der Waals surface area contributed by atoms with Crippen molar-refractivity contribution in [3.8, 4) is 0 Å². The van der Waals surface area contributed by atoms with Crippen molar-refractivity contribution in [1.82, 2.24) is 0 Å². The maximum absolute atomic E-state index is 7.91. The first kappa shape index (κ1) is 5.66. The van der Waals surface area contributed by atoms with Crippen LogP contribution in [-0.4, -0.2) is 18.3 Å². The summed E-state index contributed by atoms with van der Waals surface area (Å²) in [6.07, 6.45) is 0. The number of hydrogen-bond acceptors (Lipinski definition) is 2. The topological polar surface area (TPSA) is 29.5 Å². The standard InChI is InChI=1S/C2H5O2.Ag/c3-1-2-4;/h3H,1-2H2;/q-1;+1. The predicted molar refractivity (Wildman–Crippen MR) is 13.0 cm³/mol. The molecule has 0 heterocycles. The van der Waals surface area contributed by atoms with Crippen LogP contribution >= 0.6 is 0 Å². The van der Waals surface area contributed by atoms with Crippen LogP contribution in [-0.2, 0) is 24.7 Å². The molecule has 36 valence electrons. The molecule has 0 saturated heterocycles. The van der Waals surface area contributed by atoms with Gasteiger partial charge in [-0.3, -0.25) is 0 Å². The van der Waals surface area contributed by atoms with Crippen molar-refractivity contribution < 1.29 is 29.8 Å². The molecular formula is C2H5AgO2. The van der Waals surface area contributed by atoms with Crippen molar-refractivity contribution in [2.75, 3.05) is 13.2 Å². The van der Waals surface area contributed by atoms with Gasteiger partial charge in [0, 0.05) is 0 Å². The molecule has 0 aromatic heterocycles. The second-order valence-corrected chi connectivity index (χ2v) is 0.943. The van der Waals surface area contributed by atoms with Gasteiger partial charge in [0.1, 0.15) is 0 Å². The zero-order valence-corrected chi connectivity index (χ0v) is 4.05. The van der Waals surface area contributed by atoms with Crippen molar-refractivity contribution in [3.05, 3.63) is 0 Å². The third-order valence-electron chi connectivity index (χ3n) is 0.153. The van der Waals surface area contributed by atoms with E-state index in [0.29, 0.717) is 6.61 Å². The minimum atomic E-state index is 0.0740. The molecule has 0 unspecified atom stereocenters. The Bertz CT molecular complexity index is 15.1. The normalized spacial score (nSPS) is 8.60. The molecule has 0 aliphatic rings. The van der Waals surface area contributed by atoms with Crippen LogP contribution in [0.4, 0.5) is 0 Å². The molecule has 2 nitrogen and oxygen atoms in total. The van der Waals surface area contributed by atoms with E-state index in [0.717, 1.165) is 0 Å². The second kappa shape index (κ2) is 4.66. The maximum atomic E-state index is 7.91. The molecule has 0 fully saturated rings. The van der Waals surface area contributed by atoms with Crippen LogP contribution in [0.15, 0.2) is 0 Å². The Morgan fingerprint density at radius 3 is 2.40 bits per heavy atom. The van der Waals surface area contributed by atoms with Gasteiger partial charge in [-0.15, -0.1) is 0 Å². The van der Waals surface area contributed by atoms with Crippen LogP contribution in [0.1, 0.15) is 0 Å². The first-order valence-electron chi connectivity index (χ1n) is 1.23. The molecule has 0 rings (SSSR count). The third-order valence-corrected chi connectivity index (χ3v) is 0.455. The number of aliphatic hydroxyl groups excluding tert-OH is 1. The van der Waals surface area contributed by atoms with E-state index in [2.05, 4.69) is 24.7 Å². The van der Waals surface area contributed by atoms with E-state index in [4.69, 9.17) is 5.11 Å². The van der Waals surface area contributed by atoms with E-state index in [1.54, 1.807) is 0 Å². The molecule has 0 saturated carbocycles. The monoisotopic (exact) mass is 168 g/mol. The molecule has 0 aliphatic heterocycles. The number of hydrogen-bond donors (Lipinski definition) is 1. The summed E-state index contributed by atoms with van der Waals surface area (Å²) in [6.45, 7) is 0.434. The van der Waals surface area contributed by atoms with Crippen molar-refractivity contribution in [2.24, 2.45) is 0 Å². The van der Waals surface area contributed by atoms with E-state index >= 15 is 0 Å². The number of aliphatic hydroxyl groups is 1. The van der Waals surface area contributed by atoms with Gasteiger partial charge >= 0.3 is 43.0 Å². The zero-order chi connectivity index (χ0) is 4.12. The average Bonchev–Trinajstić information content (AvgIpc) is 1.41. The van der Waals surface area contributed by atoms with Gasteiger partial charge in [-0.05, 0) is 0 Å². The van der Waals surface area contributed by atoms with Gasteiger partial charge in [-0.2, -0.15) is 0 Å². The fourth-order valence-electron chi connectivity index (χ4n) is 0.0275. The summed E-state index contributed by atoms with van der Waals surface area (Å²) in [5, 5.41) is 7.91. The number of rotatable bonds is 2. The fourth-order valence-corrected chi connectivity index (χ4v) is 0.163. The molecule has 0 spiro atoms. The van der Waals surface area contributed by atoms with Gasteiger partial charge < -0.3 is 0 Å². The van der Waals surface area contributed by atoms with Crippen LogP contribution in [0.25, 0.3) is 0 Å². The van der Waals surface area contributed by atoms with E-state index in [9.17, 15) is 0 Å². The first-order chi connectivity index (χ1) is 2.41. The molecular weight excluding hydrogens is 164 g/mol. The van der Waals surface area contributed by atoms with Gasteiger partial charge in [0.05, 0.1) is 0 Å². The van der Waals surface area contributed by atoms with Crippen LogP contribution in [0.3, 0.4) is 0 Å². The molecule has 0 bridgehead atoms. The summed E-state index contributed by atoms with van der Waals surface area (Å²) in [5.41, 5.74) is 0. The average molecular weight is 169 g/mol. The zero-order valence-electron chi connectivity index (χ0n) is 2.57. The van der Waals surface area contributed by atoms with Gasteiger partial charge in [0.2, 0.25) is 0 Å². The summed E-state index contributed by atoms with van der Waals surface area (Å²) in [4.78, 5) is 0. The Morgan fingerprint density at radius 2 is 2.40 bits per heavy atom. The van der Waals surface area contributed by atoms with E-state index in [-0.39, 0.29) is 6.61 Å². The van der Waals surface area contributed by atoms with E-state index < -0.39 is 0 Å². The molecule has 5 heavy (non-hydrogen) atoms. The minimum absolute atomic E-state index is 0.0740. The summed E-state index contributed by atoms with van der Waals surface area (Å²) in [7, 11) is 0. The summed E-state index contributed by atoms with van der Waals surface area (Å²) in [6, 6.07) is 0. The van der Waals surface area contributed by atoms with Crippen LogP contribution < -0.4 is 0 Å². The molecule has 0 aromatic carbocycles. The van der Waals surface area contributed by atoms with Crippen molar-refractivity contribution in [3.63, 3.8) is 0 Å². The molecule has 0 aromatic rings. The van der Waals surface area contributed by atoms with Crippen LogP contribution in [0.2, 0.25) is 0 Å². The van der Waals surface area contributed by atoms with E-state index in [1.165, 1.54) is 0 Å². The van der Waals surface area contributed by atoms with Gasteiger partial charge in [0.15, 0.2) is 0 Å². The molecule has 0 amide bonds. The molecule has 0 aliphatic carbocycles. The Hall–Kier alpha value is 0.660. The van der Waals surface area contributed by atoms with E-state index in [1.807, 2.05) is 0 Å². The van der Waals surface area contributed by atoms with Crippen molar-refractivity contribution in [1.29, 1.82) is 0 Å². The first-order valence-corrected chi connectivity index (χ1v) is 1.83. The van der Waals surface area contributed by atoms with Gasteiger partial charge in [-0.1, -0.05) is 0 Å². The van der Waals surface area contributed by atoms with Crippen molar-refractivity contribution >= 4 is 0 Å². The molecule has 0 atom stereocenters. The second-order valence-electron chi connectivity index (χ2n) is 0.515. The Labute approximate surface area is 43.5 Å². The molecule has 1 N–H and O–H groups in total. The molecule has 3 heteroatoms. The molecule has 0 radical (unpaired) electrons. The fraction of sp³-hybridized carbons (Fsp3) is 1.00.